The van der Waals surface area contributed by atoms with E-state index in [0.717, 1.165) is 21.5 Å². The standard InChI is InChI=1S/C19H18BrN3O2/c1-13-18(11-23(2)22-13)21-19(24)15-6-3-5-14(9-15)12-25-17-8-4-7-16(20)10-17/h3-11H,12H2,1-2H3,(H,21,24). The highest BCUT2D eigenvalue weighted by molar-refractivity contribution is 9.10. The minimum atomic E-state index is -0.166. The summed E-state index contributed by atoms with van der Waals surface area (Å²) >= 11 is 3.42. The van der Waals surface area contributed by atoms with Crippen LogP contribution < -0.4 is 10.1 Å². The number of carbonyl (C=O) groups excluding carboxylic acids is 1. The summed E-state index contributed by atoms with van der Waals surface area (Å²) in [6.45, 7) is 2.25. The van der Waals surface area contributed by atoms with E-state index in [1.54, 1.807) is 16.9 Å². The lowest BCUT2D eigenvalue weighted by atomic mass is 10.1. The minimum Gasteiger partial charge on any atom is -0.489 e. The summed E-state index contributed by atoms with van der Waals surface area (Å²) in [7, 11) is 1.82. The molecule has 5 nitrogen and oxygen atoms in total. The molecule has 128 valence electrons. The largest absolute Gasteiger partial charge is 0.489 e. The molecule has 0 bridgehead atoms. The summed E-state index contributed by atoms with van der Waals surface area (Å²) in [5.74, 6) is 0.607. The second kappa shape index (κ2) is 7.53. The third kappa shape index (κ3) is 4.48. The molecular weight excluding hydrogens is 382 g/mol. The fourth-order valence-electron chi connectivity index (χ4n) is 2.44. The van der Waals surface area contributed by atoms with Gasteiger partial charge in [0.15, 0.2) is 0 Å². The second-order valence-electron chi connectivity index (χ2n) is 5.70. The van der Waals surface area contributed by atoms with Crippen LogP contribution in [-0.2, 0) is 13.7 Å². The normalized spacial score (nSPS) is 10.5. The fraction of sp³-hybridized carbons (Fsp3) is 0.158. The fourth-order valence-corrected chi connectivity index (χ4v) is 2.82. The van der Waals surface area contributed by atoms with Crippen molar-refractivity contribution in [2.24, 2.45) is 7.05 Å². The number of nitrogens with zero attached hydrogens (tertiary/aromatic N) is 2. The van der Waals surface area contributed by atoms with Gasteiger partial charge in [-0.15, -0.1) is 0 Å². The number of carbonyl (C=O) groups is 1. The van der Waals surface area contributed by atoms with Crippen LogP contribution in [0.2, 0.25) is 0 Å². The summed E-state index contributed by atoms with van der Waals surface area (Å²) in [5, 5.41) is 7.11. The van der Waals surface area contributed by atoms with Crippen LogP contribution in [0.25, 0.3) is 0 Å². The highest BCUT2D eigenvalue weighted by atomic mass is 79.9. The molecule has 0 spiro atoms. The molecule has 1 amide bonds. The van der Waals surface area contributed by atoms with E-state index in [9.17, 15) is 4.79 Å². The van der Waals surface area contributed by atoms with Crippen molar-refractivity contribution in [1.29, 1.82) is 0 Å². The Balaban J connectivity index is 1.68. The molecule has 6 heteroatoms. The predicted molar refractivity (Wildman–Crippen MR) is 101 cm³/mol. The lowest BCUT2D eigenvalue weighted by Crippen LogP contribution is -2.12. The summed E-state index contributed by atoms with van der Waals surface area (Å²) < 4.78 is 8.41. The van der Waals surface area contributed by atoms with E-state index in [4.69, 9.17) is 4.74 Å². The van der Waals surface area contributed by atoms with E-state index >= 15 is 0 Å². The molecule has 3 aromatic rings. The molecular formula is C19H18BrN3O2. The molecule has 0 radical (unpaired) electrons. The van der Waals surface area contributed by atoms with Gasteiger partial charge < -0.3 is 10.1 Å². The van der Waals surface area contributed by atoms with Crippen molar-refractivity contribution < 1.29 is 9.53 Å². The van der Waals surface area contributed by atoms with E-state index < -0.39 is 0 Å². The lowest BCUT2D eigenvalue weighted by molar-refractivity contribution is 0.102. The number of aryl methyl sites for hydroxylation is 2. The molecule has 1 heterocycles. The molecule has 0 unspecified atom stereocenters. The summed E-state index contributed by atoms with van der Waals surface area (Å²) in [6.07, 6.45) is 1.79. The maximum Gasteiger partial charge on any atom is 0.255 e. The number of benzene rings is 2. The van der Waals surface area contributed by atoms with E-state index in [2.05, 4.69) is 26.3 Å². The minimum absolute atomic E-state index is 0.166. The van der Waals surface area contributed by atoms with Gasteiger partial charge in [-0.3, -0.25) is 9.48 Å². The third-order valence-electron chi connectivity index (χ3n) is 3.65. The number of rotatable bonds is 5. The molecule has 0 saturated heterocycles. The molecule has 2 aromatic carbocycles. The predicted octanol–water partition coefficient (Wildman–Crippen LogP) is 4.32. The van der Waals surface area contributed by atoms with Crippen LogP contribution in [0.15, 0.2) is 59.2 Å². The van der Waals surface area contributed by atoms with Gasteiger partial charge in [0.25, 0.3) is 5.91 Å². The molecule has 25 heavy (non-hydrogen) atoms. The number of aromatic nitrogens is 2. The van der Waals surface area contributed by atoms with Gasteiger partial charge >= 0.3 is 0 Å². The van der Waals surface area contributed by atoms with Gasteiger partial charge in [-0.2, -0.15) is 5.10 Å². The van der Waals surface area contributed by atoms with Crippen molar-refractivity contribution in [1.82, 2.24) is 9.78 Å². The highest BCUT2D eigenvalue weighted by Crippen LogP contribution is 2.19. The zero-order valence-electron chi connectivity index (χ0n) is 14.0. The number of halogens is 1. The van der Waals surface area contributed by atoms with Crippen LogP contribution in [0.3, 0.4) is 0 Å². The topological polar surface area (TPSA) is 56.2 Å². The Morgan fingerprint density at radius 1 is 1.24 bits per heavy atom. The number of hydrogen-bond donors (Lipinski definition) is 1. The van der Waals surface area contributed by atoms with Crippen molar-refractivity contribution in [3.63, 3.8) is 0 Å². The Morgan fingerprint density at radius 2 is 2.04 bits per heavy atom. The first-order valence-electron chi connectivity index (χ1n) is 7.80. The zero-order valence-corrected chi connectivity index (χ0v) is 15.6. The molecule has 0 aliphatic heterocycles. The molecule has 1 N–H and O–H groups in total. The summed E-state index contributed by atoms with van der Waals surface area (Å²) in [5.41, 5.74) is 3.00. The summed E-state index contributed by atoms with van der Waals surface area (Å²) in [4.78, 5) is 12.5. The lowest BCUT2D eigenvalue weighted by Gasteiger charge is -2.09. The van der Waals surface area contributed by atoms with Gasteiger partial charge in [-0.25, -0.2) is 0 Å². The Hall–Kier alpha value is -2.60. The maximum absolute atomic E-state index is 12.5. The Morgan fingerprint density at radius 3 is 2.76 bits per heavy atom. The van der Waals surface area contributed by atoms with Gasteiger partial charge in [-0.05, 0) is 42.8 Å². The SMILES string of the molecule is Cc1nn(C)cc1NC(=O)c1cccc(COc2cccc(Br)c2)c1. The molecule has 1 aromatic heterocycles. The van der Waals surface area contributed by atoms with Crippen LogP contribution >= 0.6 is 15.9 Å². The first-order valence-corrected chi connectivity index (χ1v) is 8.59. The van der Waals surface area contributed by atoms with Gasteiger partial charge in [0.2, 0.25) is 0 Å². The van der Waals surface area contributed by atoms with Crippen LogP contribution in [-0.4, -0.2) is 15.7 Å². The van der Waals surface area contributed by atoms with Gasteiger partial charge in [-0.1, -0.05) is 34.1 Å². The van der Waals surface area contributed by atoms with Crippen LogP contribution in [0.5, 0.6) is 5.75 Å². The average molecular weight is 400 g/mol. The van der Waals surface area contributed by atoms with Crippen molar-refractivity contribution >= 4 is 27.5 Å². The average Bonchev–Trinajstić information content (AvgIpc) is 2.90. The van der Waals surface area contributed by atoms with Gasteiger partial charge in [0, 0.05) is 23.3 Å². The second-order valence-corrected chi connectivity index (χ2v) is 6.62. The van der Waals surface area contributed by atoms with Crippen molar-refractivity contribution in [2.45, 2.75) is 13.5 Å². The van der Waals surface area contributed by atoms with Crippen LogP contribution in [0.4, 0.5) is 5.69 Å². The summed E-state index contributed by atoms with van der Waals surface area (Å²) in [6, 6.07) is 15.1. The third-order valence-corrected chi connectivity index (χ3v) is 4.15. The Kier molecular flexibility index (Phi) is 5.19. The van der Waals surface area contributed by atoms with E-state index in [1.807, 2.05) is 56.4 Å². The Labute approximate surface area is 154 Å². The van der Waals surface area contributed by atoms with Crippen LogP contribution in [0, 0.1) is 6.92 Å². The number of nitrogens with one attached hydrogen (secondary N) is 1. The van der Waals surface area contributed by atoms with E-state index in [1.165, 1.54) is 0 Å². The molecule has 0 atom stereocenters. The maximum atomic E-state index is 12.5. The first kappa shape index (κ1) is 17.2. The molecule has 0 fully saturated rings. The van der Waals surface area contributed by atoms with Crippen molar-refractivity contribution in [3.05, 3.63) is 76.0 Å². The molecule has 0 saturated carbocycles. The highest BCUT2D eigenvalue weighted by Gasteiger charge is 2.10. The monoisotopic (exact) mass is 399 g/mol. The van der Waals surface area contributed by atoms with Crippen LogP contribution in [0.1, 0.15) is 21.6 Å². The first-order chi connectivity index (χ1) is 12.0. The quantitative estimate of drug-likeness (QED) is 0.694. The number of ether oxygens (including phenoxy) is 1. The van der Waals surface area contributed by atoms with Gasteiger partial charge in [0.05, 0.1) is 11.4 Å². The molecule has 0 aliphatic rings. The number of anilines is 1. The van der Waals surface area contributed by atoms with Gasteiger partial charge in [0.1, 0.15) is 12.4 Å². The van der Waals surface area contributed by atoms with E-state index in [0.29, 0.717) is 17.9 Å². The van der Waals surface area contributed by atoms with E-state index in [-0.39, 0.29) is 5.91 Å². The van der Waals surface area contributed by atoms with Crippen molar-refractivity contribution in [3.8, 4) is 5.75 Å². The number of hydrogen-bond acceptors (Lipinski definition) is 3. The number of amides is 1. The molecule has 3 rings (SSSR count). The molecule has 0 aliphatic carbocycles. The Bertz CT molecular complexity index is 905. The zero-order chi connectivity index (χ0) is 17.8. The smallest absolute Gasteiger partial charge is 0.255 e. The van der Waals surface area contributed by atoms with Crippen molar-refractivity contribution in [2.75, 3.05) is 5.32 Å².